The number of nitrogens with one attached hydrogen (secondary N) is 1. The molecule has 11 heteroatoms. The quantitative estimate of drug-likeness (QED) is 0.340. The molecule has 1 aliphatic rings. The van der Waals surface area contributed by atoms with Gasteiger partial charge in [-0.05, 0) is 46.8 Å². The lowest BCUT2D eigenvalue weighted by molar-refractivity contribution is -0.0618. The molecule has 2 aromatic heterocycles. The Balaban J connectivity index is 1.53. The summed E-state index contributed by atoms with van der Waals surface area (Å²) in [6, 6.07) is 8.60. The monoisotopic (exact) mass is 535 g/mol. The van der Waals surface area contributed by atoms with Crippen molar-refractivity contribution in [3.05, 3.63) is 51.6 Å². The summed E-state index contributed by atoms with van der Waals surface area (Å²) in [5, 5.41) is 5.04. The van der Waals surface area contributed by atoms with Crippen LogP contribution in [0.15, 0.2) is 36.5 Å². The lowest BCUT2D eigenvalue weighted by Crippen LogP contribution is -2.45. The van der Waals surface area contributed by atoms with Crippen molar-refractivity contribution in [2.75, 3.05) is 16.8 Å². The Bertz CT molecular complexity index is 1200. The number of amides is 1. The summed E-state index contributed by atoms with van der Waals surface area (Å²) in [5.41, 5.74) is 0.617. The molecule has 3 aromatic rings. The van der Waals surface area contributed by atoms with Crippen molar-refractivity contribution in [1.29, 1.82) is 0 Å². The van der Waals surface area contributed by atoms with Gasteiger partial charge in [-0.25, -0.2) is 14.8 Å². The number of carbonyl (C=O) groups is 1. The SMILES string of the molecule is C[C@H](Nc1nc(Cl)cc(N2C(=O)OC[C@@H]2[C@@H](C)OC(C)(C)C)n1)c1cnc(-c2ccc(Cl)cc2)s1. The predicted octanol–water partition coefficient (Wildman–Crippen LogP) is 6.61. The Morgan fingerprint density at radius 3 is 2.60 bits per heavy atom. The number of ether oxygens (including phenoxy) is 2. The number of carbonyl (C=O) groups excluding carboxylic acids is 1. The van der Waals surface area contributed by atoms with Gasteiger partial charge < -0.3 is 14.8 Å². The number of thiazole rings is 1. The molecule has 186 valence electrons. The molecule has 0 spiro atoms. The molecule has 1 aliphatic heterocycles. The minimum absolute atomic E-state index is 0.149. The highest BCUT2D eigenvalue weighted by molar-refractivity contribution is 7.15. The van der Waals surface area contributed by atoms with E-state index < -0.39 is 6.09 Å². The fraction of sp³-hybridized carbons (Fsp3) is 0.417. The fourth-order valence-corrected chi connectivity index (χ4v) is 4.98. The van der Waals surface area contributed by atoms with Gasteiger partial charge in [0.15, 0.2) is 0 Å². The second kappa shape index (κ2) is 10.3. The van der Waals surface area contributed by atoms with E-state index in [1.807, 2.05) is 65.1 Å². The Kier molecular flexibility index (Phi) is 7.51. The topological polar surface area (TPSA) is 89.5 Å². The molecule has 0 aliphatic carbocycles. The van der Waals surface area contributed by atoms with Gasteiger partial charge in [0.05, 0.1) is 17.7 Å². The Labute approximate surface area is 218 Å². The molecule has 3 atom stereocenters. The number of nitrogens with zero attached hydrogens (tertiary/aromatic N) is 4. The molecular weight excluding hydrogens is 509 g/mol. The van der Waals surface area contributed by atoms with Gasteiger partial charge in [-0.3, -0.25) is 4.90 Å². The first-order chi connectivity index (χ1) is 16.5. The van der Waals surface area contributed by atoms with Crippen molar-refractivity contribution >= 4 is 52.4 Å². The molecule has 1 aromatic carbocycles. The minimum atomic E-state index is -0.497. The Morgan fingerprint density at radius 2 is 1.91 bits per heavy atom. The van der Waals surface area contributed by atoms with E-state index in [0.717, 1.165) is 15.4 Å². The normalized spacial score (nSPS) is 17.9. The molecule has 8 nitrogen and oxygen atoms in total. The fourth-order valence-electron chi connectivity index (χ4n) is 3.75. The van der Waals surface area contributed by atoms with Crippen LogP contribution in [0.25, 0.3) is 10.6 Å². The first-order valence-electron chi connectivity index (χ1n) is 11.2. The summed E-state index contributed by atoms with van der Waals surface area (Å²) in [6.07, 6.45) is 1.04. The van der Waals surface area contributed by atoms with E-state index >= 15 is 0 Å². The van der Waals surface area contributed by atoms with E-state index in [1.165, 1.54) is 4.90 Å². The smallest absolute Gasteiger partial charge is 0.416 e. The summed E-state index contributed by atoms with van der Waals surface area (Å²) in [4.78, 5) is 28.5. The standard InChI is InChI=1S/C24H27Cl2N5O3S/c1-13(18-11-27-21(35-18)15-6-8-16(25)9-7-15)28-22-29-19(26)10-20(30-22)31-17(12-33-23(31)32)14(2)34-24(3,4)5/h6-11,13-14,17H,12H2,1-5H3,(H,28,29,30)/t13-,14+,17+/m0/s1. The van der Waals surface area contributed by atoms with E-state index in [-0.39, 0.29) is 35.5 Å². The second-order valence-electron chi connectivity index (χ2n) is 9.26. The molecule has 1 amide bonds. The van der Waals surface area contributed by atoms with Crippen LogP contribution >= 0.6 is 34.5 Å². The highest BCUT2D eigenvalue weighted by Crippen LogP contribution is 2.32. The van der Waals surface area contributed by atoms with Gasteiger partial charge in [0, 0.05) is 27.7 Å². The molecule has 1 saturated heterocycles. The summed E-state index contributed by atoms with van der Waals surface area (Å²) in [5.74, 6) is 0.645. The maximum atomic E-state index is 12.6. The highest BCUT2D eigenvalue weighted by Gasteiger charge is 2.40. The zero-order valence-electron chi connectivity index (χ0n) is 20.1. The predicted molar refractivity (Wildman–Crippen MR) is 140 cm³/mol. The third kappa shape index (κ3) is 6.22. The van der Waals surface area contributed by atoms with Crippen molar-refractivity contribution < 1.29 is 14.3 Å². The first kappa shape index (κ1) is 25.6. The molecule has 3 heterocycles. The summed E-state index contributed by atoms with van der Waals surface area (Å²) < 4.78 is 11.4. The zero-order valence-corrected chi connectivity index (χ0v) is 22.4. The number of cyclic esters (lactones) is 1. The second-order valence-corrected chi connectivity index (χ2v) is 11.1. The van der Waals surface area contributed by atoms with Crippen LogP contribution in [-0.2, 0) is 9.47 Å². The molecule has 0 bridgehead atoms. The molecule has 4 rings (SSSR count). The van der Waals surface area contributed by atoms with Crippen LogP contribution in [-0.4, -0.2) is 45.4 Å². The van der Waals surface area contributed by atoms with E-state index in [1.54, 1.807) is 17.4 Å². The van der Waals surface area contributed by atoms with Crippen LogP contribution in [0.4, 0.5) is 16.6 Å². The number of aromatic nitrogens is 3. The van der Waals surface area contributed by atoms with E-state index in [4.69, 9.17) is 32.7 Å². The average Bonchev–Trinajstić information content (AvgIpc) is 3.40. The molecule has 0 unspecified atom stereocenters. The van der Waals surface area contributed by atoms with Gasteiger partial charge in [0.25, 0.3) is 0 Å². The Morgan fingerprint density at radius 1 is 1.20 bits per heavy atom. The van der Waals surface area contributed by atoms with Gasteiger partial charge in [0.1, 0.15) is 28.6 Å². The largest absolute Gasteiger partial charge is 0.447 e. The molecule has 1 fully saturated rings. The van der Waals surface area contributed by atoms with Crippen molar-refractivity contribution in [3.8, 4) is 10.6 Å². The van der Waals surface area contributed by atoms with E-state index in [0.29, 0.717) is 16.8 Å². The number of anilines is 2. The van der Waals surface area contributed by atoms with Crippen LogP contribution in [0.1, 0.15) is 45.5 Å². The summed E-state index contributed by atoms with van der Waals surface area (Å²) in [7, 11) is 0. The summed E-state index contributed by atoms with van der Waals surface area (Å²) >= 11 is 13.9. The molecular formula is C24H27Cl2N5O3S. The highest BCUT2D eigenvalue weighted by atomic mass is 35.5. The maximum absolute atomic E-state index is 12.6. The van der Waals surface area contributed by atoms with Crippen molar-refractivity contribution in [3.63, 3.8) is 0 Å². The number of halogens is 2. The van der Waals surface area contributed by atoms with E-state index in [2.05, 4.69) is 20.3 Å². The van der Waals surface area contributed by atoms with Gasteiger partial charge in [-0.1, -0.05) is 35.3 Å². The number of hydrogen-bond donors (Lipinski definition) is 1. The maximum Gasteiger partial charge on any atom is 0.416 e. The van der Waals surface area contributed by atoms with Gasteiger partial charge in [0.2, 0.25) is 5.95 Å². The zero-order chi connectivity index (χ0) is 25.3. The molecule has 0 saturated carbocycles. The van der Waals surface area contributed by atoms with Gasteiger partial charge >= 0.3 is 6.09 Å². The molecule has 35 heavy (non-hydrogen) atoms. The number of hydrogen-bond acceptors (Lipinski definition) is 8. The Hall–Kier alpha value is -2.46. The molecule has 1 N–H and O–H groups in total. The van der Waals surface area contributed by atoms with Gasteiger partial charge in [-0.15, -0.1) is 11.3 Å². The van der Waals surface area contributed by atoms with Crippen molar-refractivity contribution in [1.82, 2.24) is 15.0 Å². The number of rotatable bonds is 7. The van der Waals surface area contributed by atoms with E-state index in [9.17, 15) is 4.79 Å². The third-order valence-electron chi connectivity index (χ3n) is 5.30. The lowest BCUT2D eigenvalue weighted by Gasteiger charge is -2.31. The molecule has 0 radical (unpaired) electrons. The first-order valence-corrected chi connectivity index (χ1v) is 12.7. The number of benzene rings is 1. The summed E-state index contributed by atoms with van der Waals surface area (Å²) in [6.45, 7) is 9.99. The van der Waals surface area contributed by atoms with Crippen molar-refractivity contribution in [2.24, 2.45) is 0 Å². The van der Waals surface area contributed by atoms with Crippen LogP contribution < -0.4 is 10.2 Å². The van der Waals surface area contributed by atoms with Crippen LogP contribution in [0.3, 0.4) is 0 Å². The minimum Gasteiger partial charge on any atom is -0.447 e. The third-order valence-corrected chi connectivity index (χ3v) is 6.98. The van der Waals surface area contributed by atoms with Crippen LogP contribution in [0.2, 0.25) is 10.2 Å². The van der Waals surface area contributed by atoms with Crippen LogP contribution in [0.5, 0.6) is 0 Å². The van der Waals surface area contributed by atoms with Crippen LogP contribution in [0, 0.1) is 0 Å². The lowest BCUT2D eigenvalue weighted by atomic mass is 10.1. The van der Waals surface area contributed by atoms with Crippen molar-refractivity contribution in [2.45, 2.75) is 58.4 Å². The average molecular weight is 536 g/mol. The van der Waals surface area contributed by atoms with Gasteiger partial charge in [-0.2, -0.15) is 4.98 Å².